The summed E-state index contributed by atoms with van der Waals surface area (Å²) in [6, 6.07) is 11.9. The molecule has 4 rings (SSSR count). The largest absolute Gasteiger partial charge is 0.497 e. The van der Waals surface area contributed by atoms with Gasteiger partial charge < -0.3 is 24.4 Å². The second-order valence-corrected chi connectivity index (χ2v) is 7.70. The molecule has 0 saturated carbocycles. The van der Waals surface area contributed by atoms with Crippen molar-refractivity contribution in [3.63, 3.8) is 0 Å². The first kappa shape index (κ1) is 20.7. The van der Waals surface area contributed by atoms with Crippen LogP contribution in [-0.4, -0.2) is 64.9 Å². The minimum atomic E-state index is -1.01. The van der Waals surface area contributed by atoms with E-state index in [0.717, 1.165) is 16.8 Å². The van der Waals surface area contributed by atoms with E-state index in [1.807, 2.05) is 29.2 Å². The van der Waals surface area contributed by atoms with Crippen LogP contribution in [0.4, 0.5) is 5.69 Å². The zero-order valence-corrected chi connectivity index (χ0v) is 17.5. The molecule has 8 heteroatoms. The molecular weight excluding hydrogens is 398 g/mol. The molecule has 1 fully saturated rings. The number of aromatic nitrogens is 1. The molecule has 0 bridgehead atoms. The predicted molar refractivity (Wildman–Crippen MR) is 117 cm³/mol. The molecule has 1 unspecified atom stereocenters. The minimum Gasteiger partial charge on any atom is -0.497 e. The smallest absolute Gasteiger partial charge is 0.335 e. The van der Waals surface area contributed by atoms with E-state index in [9.17, 15) is 19.8 Å². The number of hydrogen-bond acceptors (Lipinski definition) is 5. The van der Waals surface area contributed by atoms with E-state index < -0.39 is 18.0 Å². The first-order chi connectivity index (χ1) is 14.9. The number of benzene rings is 2. The third-order valence-electron chi connectivity index (χ3n) is 5.89. The van der Waals surface area contributed by atoms with E-state index in [1.54, 1.807) is 37.1 Å². The number of carboxylic acids is 2. The van der Waals surface area contributed by atoms with E-state index in [-0.39, 0.29) is 5.56 Å². The first-order valence-corrected chi connectivity index (χ1v) is 10.1. The monoisotopic (exact) mass is 423 g/mol. The number of ether oxygens (including phenoxy) is 1. The maximum absolute atomic E-state index is 12.3. The predicted octanol–water partition coefficient (Wildman–Crippen LogP) is 2.83. The minimum absolute atomic E-state index is 0.180. The average molecular weight is 423 g/mol. The van der Waals surface area contributed by atoms with Gasteiger partial charge in [-0.2, -0.15) is 0 Å². The van der Waals surface area contributed by atoms with Gasteiger partial charge in [-0.25, -0.2) is 4.79 Å². The zero-order chi connectivity index (χ0) is 22.1. The van der Waals surface area contributed by atoms with Gasteiger partial charge in [0.25, 0.3) is 0 Å². The number of carboxylic acid groups (broad SMARTS) is 2. The van der Waals surface area contributed by atoms with Crippen LogP contribution in [0.2, 0.25) is 0 Å². The van der Waals surface area contributed by atoms with Gasteiger partial charge in [-0.3, -0.25) is 9.69 Å². The molecule has 3 aromatic rings. The van der Waals surface area contributed by atoms with Crippen LogP contribution in [0.25, 0.3) is 10.9 Å². The van der Waals surface area contributed by atoms with Gasteiger partial charge in [0.15, 0.2) is 0 Å². The molecule has 8 nitrogen and oxygen atoms in total. The molecule has 31 heavy (non-hydrogen) atoms. The van der Waals surface area contributed by atoms with Crippen molar-refractivity contribution in [2.24, 2.45) is 7.05 Å². The number of piperazine rings is 1. The van der Waals surface area contributed by atoms with Crippen molar-refractivity contribution in [1.82, 2.24) is 9.47 Å². The number of anilines is 1. The van der Waals surface area contributed by atoms with Crippen LogP contribution in [0.1, 0.15) is 22.0 Å². The van der Waals surface area contributed by atoms with Crippen LogP contribution >= 0.6 is 0 Å². The van der Waals surface area contributed by atoms with Crippen molar-refractivity contribution >= 4 is 28.5 Å². The lowest BCUT2D eigenvalue weighted by Crippen LogP contribution is -2.49. The fourth-order valence-corrected chi connectivity index (χ4v) is 4.30. The van der Waals surface area contributed by atoms with E-state index in [0.29, 0.717) is 37.3 Å². The quantitative estimate of drug-likeness (QED) is 0.629. The van der Waals surface area contributed by atoms with E-state index in [4.69, 9.17) is 4.74 Å². The highest BCUT2D eigenvalue weighted by atomic mass is 16.5. The highest BCUT2D eigenvalue weighted by molar-refractivity contribution is 5.96. The van der Waals surface area contributed by atoms with Crippen molar-refractivity contribution in [3.05, 3.63) is 59.8 Å². The second-order valence-electron chi connectivity index (χ2n) is 7.70. The van der Waals surface area contributed by atoms with Gasteiger partial charge in [0.1, 0.15) is 11.8 Å². The second kappa shape index (κ2) is 8.31. The number of rotatable bonds is 6. The van der Waals surface area contributed by atoms with Crippen LogP contribution in [0.5, 0.6) is 5.75 Å². The van der Waals surface area contributed by atoms with E-state index >= 15 is 0 Å². The molecule has 1 saturated heterocycles. The first-order valence-electron chi connectivity index (χ1n) is 10.1. The summed E-state index contributed by atoms with van der Waals surface area (Å²) in [4.78, 5) is 27.8. The summed E-state index contributed by atoms with van der Waals surface area (Å²) >= 11 is 0. The van der Waals surface area contributed by atoms with Crippen LogP contribution in [0, 0.1) is 0 Å². The third-order valence-corrected chi connectivity index (χ3v) is 5.89. The molecule has 0 radical (unpaired) electrons. The molecule has 1 aromatic heterocycles. The number of hydrogen-bond donors (Lipinski definition) is 2. The van der Waals surface area contributed by atoms with Crippen molar-refractivity contribution in [3.8, 4) is 5.75 Å². The summed E-state index contributed by atoms with van der Waals surface area (Å²) in [6.45, 7) is 2.59. The summed E-state index contributed by atoms with van der Waals surface area (Å²) in [6.07, 6.45) is 1.80. The molecule has 1 aliphatic rings. The number of aryl methyl sites for hydroxylation is 1. The van der Waals surface area contributed by atoms with Gasteiger partial charge in [-0.1, -0.05) is 12.1 Å². The Kier molecular flexibility index (Phi) is 5.56. The number of methoxy groups -OCH3 is 1. The Morgan fingerprint density at radius 3 is 2.42 bits per heavy atom. The van der Waals surface area contributed by atoms with Gasteiger partial charge in [0.05, 0.1) is 12.7 Å². The van der Waals surface area contributed by atoms with Crippen molar-refractivity contribution in [2.75, 3.05) is 38.2 Å². The maximum atomic E-state index is 12.3. The fraction of sp³-hybridized carbons (Fsp3) is 0.304. The van der Waals surface area contributed by atoms with Crippen LogP contribution in [0.15, 0.2) is 48.7 Å². The van der Waals surface area contributed by atoms with Gasteiger partial charge in [-0.15, -0.1) is 0 Å². The van der Waals surface area contributed by atoms with Crippen LogP contribution < -0.4 is 9.64 Å². The summed E-state index contributed by atoms with van der Waals surface area (Å²) in [7, 11) is 3.44. The standard InChI is InChI=1S/C23H25N3O5/c1-24-14-19(18-7-6-15(22(27)28)12-20(18)24)21(23(29)30)26-10-8-25(9-11-26)16-4-3-5-17(13-16)31-2/h3-7,12-14,21H,8-11H2,1-2H3,(H,27,28)(H,29,30). The maximum Gasteiger partial charge on any atom is 0.335 e. The lowest BCUT2D eigenvalue weighted by Gasteiger charge is -2.38. The Hall–Kier alpha value is -3.52. The molecule has 0 spiro atoms. The van der Waals surface area contributed by atoms with Crippen LogP contribution in [0.3, 0.4) is 0 Å². The van der Waals surface area contributed by atoms with Gasteiger partial charge in [0.2, 0.25) is 0 Å². The molecule has 1 atom stereocenters. The molecule has 1 aliphatic heterocycles. The molecule has 2 N–H and O–H groups in total. The molecule has 2 heterocycles. The topological polar surface area (TPSA) is 95.2 Å². The average Bonchev–Trinajstić information content (AvgIpc) is 3.09. The summed E-state index contributed by atoms with van der Waals surface area (Å²) < 4.78 is 7.10. The van der Waals surface area contributed by atoms with Crippen molar-refractivity contribution in [2.45, 2.75) is 6.04 Å². The van der Waals surface area contributed by atoms with Crippen molar-refractivity contribution in [1.29, 1.82) is 0 Å². The molecular formula is C23H25N3O5. The number of carbonyl (C=O) groups is 2. The van der Waals surface area contributed by atoms with E-state index in [2.05, 4.69) is 4.90 Å². The van der Waals surface area contributed by atoms with Crippen LogP contribution in [-0.2, 0) is 11.8 Å². The number of fused-ring (bicyclic) bond motifs is 1. The molecule has 2 aromatic carbocycles. The lowest BCUT2D eigenvalue weighted by atomic mass is 10.0. The lowest BCUT2D eigenvalue weighted by molar-refractivity contribution is -0.143. The number of aromatic carboxylic acids is 1. The Balaban J connectivity index is 1.59. The summed E-state index contributed by atoms with van der Waals surface area (Å²) in [5, 5.41) is 20.1. The van der Waals surface area contributed by atoms with Crippen molar-refractivity contribution < 1.29 is 24.5 Å². The molecule has 0 amide bonds. The molecule has 162 valence electrons. The highest BCUT2D eigenvalue weighted by Gasteiger charge is 2.32. The third kappa shape index (κ3) is 3.94. The highest BCUT2D eigenvalue weighted by Crippen LogP contribution is 2.32. The zero-order valence-electron chi connectivity index (χ0n) is 17.5. The number of aliphatic carboxylic acids is 1. The Bertz CT molecular complexity index is 1130. The molecule has 0 aliphatic carbocycles. The van der Waals surface area contributed by atoms with E-state index in [1.165, 1.54) is 6.07 Å². The Morgan fingerprint density at radius 1 is 1.03 bits per heavy atom. The summed E-state index contributed by atoms with van der Waals surface area (Å²) in [5.41, 5.74) is 2.62. The Morgan fingerprint density at radius 2 is 1.77 bits per heavy atom. The Labute approximate surface area is 179 Å². The number of nitrogens with zero attached hydrogens (tertiary/aromatic N) is 3. The van der Waals surface area contributed by atoms with Gasteiger partial charge >= 0.3 is 11.9 Å². The normalized spacial score (nSPS) is 15.7. The SMILES string of the molecule is COc1cccc(N2CCN(C(C(=O)O)c3cn(C)c4cc(C(=O)O)ccc34)CC2)c1. The fourth-order valence-electron chi connectivity index (χ4n) is 4.30. The van der Waals surface area contributed by atoms with Gasteiger partial charge in [0, 0.05) is 67.6 Å². The van der Waals surface area contributed by atoms with Gasteiger partial charge in [-0.05, 0) is 24.3 Å². The summed E-state index contributed by atoms with van der Waals surface area (Å²) in [5.74, 6) is -1.13.